The van der Waals surface area contributed by atoms with Crippen LogP contribution in [0.3, 0.4) is 0 Å². The molecule has 0 saturated carbocycles. The summed E-state index contributed by atoms with van der Waals surface area (Å²) >= 11 is 0. The summed E-state index contributed by atoms with van der Waals surface area (Å²) in [5, 5.41) is 21.3. The van der Waals surface area contributed by atoms with Gasteiger partial charge in [0.15, 0.2) is 6.29 Å². The lowest BCUT2D eigenvalue weighted by molar-refractivity contribution is -0.273. The Morgan fingerprint density at radius 2 is 2.00 bits per heavy atom. The van der Waals surface area contributed by atoms with Crippen molar-refractivity contribution in [2.75, 3.05) is 19.8 Å². The normalized spacial score (nSPS) is 12.0. The van der Waals surface area contributed by atoms with Gasteiger partial charge in [-0.2, -0.15) is 0 Å². The molecule has 0 amide bonds. The minimum absolute atomic E-state index is 0.0253. The molecular weight excluding hydrogens is 413 g/mol. The van der Waals surface area contributed by atoms with Crippen LogP contribution in [0.1, 0.15) is 32.7 Å². The molecule has 0 aliphatic heterocycles. The summed E-state index contributed by atoms with van der Waals surface area (Å²) in [6.45, 7) is 1.57. The van der Waals surface area contributed by atoms with Crippen molar-refractivity contribution < 1.29 is 19.4 Å². The van der Waals surface area contributed by atoms with Gasteiger partial charge in [-0.1, -0.05) is 6.07 Å². The number of hydrogen-bond donors (Lipinski definition) is 3. The van der Waals surface area contributed by atoms with Crippen molar-refractivity contribution in [1.29, 1.82) is 0 Å². The van der Waals surface area contributed by atoms with Crippen LogP contribution in [0, 0.1) is 12.7 Å². The molecule has 0 saturated heterocycles. The van der Waals surface area contributed by atoms with Crippen molar-refractivity contribution in [1.82, 2.24) is 14.9 Å². The number of pyridine rings is 2. The van der Waals surface area contributed by atoms with Gasteiger partial charge in [0.2, 0.25) is 0 Å². The number of anilines is 1. The Balaban J connectivity index is 1.98. The minimum atomic E-state index is -2.58. The second kappa shape index (κ2) is 9.31. The largest absolute Gasteiger partial charge is 0.383 e. The van der Waals surface area contributed by atoms with E-state index in [1.54, 1.807) is 32.3 Å². The lowest BCUT2D eigenvalue weighted by Gasteiger charge is -2.32. The topological polar surface area (TPSA) is 125 Å². The first-order valence-electron chi connectivity index (χ1n) is 9.73. The Morgan fingerprint density at radius 1 is 1.25 bits per heavy atom. The first kappa shape index (κ1) is 23.1. The van der Waals surface area contributed by atoms with E-state index in [9.17, 15) is 15.0 Å². The Bertz CT molecular complexity index is 1160. The van der Waals surface area contributed by atoms with Crippen LogP contribution in [0.2, 0.25) is 0 Å². The highest BCUT2D eigenvalue weighted by molar-refractivity contribution is 5.95. The van der Waals surface area contributed by atoms with Crippen LogP contribution in [-0.4, -0.2) is 51.7 Å². The van der Waals surface area contributed by atoms with Gasteiger partial charge >= 0.3 is 0 Å². The second-order valence-electron chi connectivity index (χ2n) is 7.35. The number of aldehydes is 1. The number of aryl methyl sites for hydroxylation is 1. The van der Waals surface area contributed by atoms with E-state index in [4.69, 9.17) is 5.73 Å². The van der Waals surface area contributed by atoms with Crippen molar-refractivity contribution >= 4 is 18.3 Å². The molecule has 0 radical (unpaired) electrons. The number of rotatable bonds is 7. The minimum Gasteiger partial charge on any atom is -0.383 e. The number of carbonyl (C=O) groups excluding carboxylic acids is 1. The summed E-state index contributed by atoms with van der Waals surface area (Å²) in [6, 6.07) is 7.79. The number of halogens is 1. The van der Waals surface area contributed by atoms with Gasteiger partial charge in [-0.3, -0.25) is 14.8 Å². The van der Waals surface area contributed by atoms with Crippen LogP contribution in [0.25, 0.3) is 11.1 Å². The number of aliphatic imine (C=N–C) groups is 1. The predicted octanol–water partition coefficient (Wildman–Crippen LogP) is 2.26. The first-order chi connectivity index (χ1) is 15.2. The second-order valence-corrected chi connectivity index (χ2v) is 7.35. The zero-order valence-electron chi connectivity index (χ0n) is 18.0. The zero-order chi connectivity index (χ0) is 23.5. The zero-order valence-corrected chi connectivity index (χ0v) is 18.0. The Labute approximate surface area is 184 Å². The monoisotopic (exact) mass is 437 g/mol. The summed E-state index contributed by atoms with van der Waals surface area (Å²) < 4.78 is 15.2. The van der Waals surface area contributed by atoms with Gasteiger partial charge in [-0.15, -0.1) is 0 Å². The van der Waals surface area contributed by atoms with Gasteiger partial charge in [-0.25, -0.2) is 14.3 Å². The molecule has 0 atom stereocenters. The third-order valence-corrected chi connectivity index (χ3v) is 5.22. The average Bonchev–Trinajstić information content (AvgIpc) is 2.77. The van der Waals surface area contributed by atoms with Crippen LogP contribution in [0.5, 0.6) is 0 Å². The van der Waals surface area contributed by atoms with Crippen LogP contribution >= 0.6 is 0 Å². The standard InChI is InChI=1S/C23H24FN5O3/c1-14-9-16(17-6-8-28-22(25)18(17)11-26-2)10-20(24)19(14)12-29(3)23(31,32)21-15(13-30)5-4-7-27-21/h4-11,13,31-32H,12H2,1-3H3,(H2,25,28). The van der Waals surface area contributed by atoms with Crippen molar-refractivity contribution in [3.63, 3.8) is 0 Å². The van der Waals surface area contributed by atoms with E-state index in [0.29, 0.717) is 28.5 Å². The van der Waals surface area contributed by atoms with Gasteiger partial charge in [0, 0.05) is 48.9 Å². The summed E-state index contributed by atoms with van der Waals surface area (Å²) in [5.41, 5.74) is 8.44. The molecule has 2 aromatic heterocycles. The fourth-order valence-electron chi connectivity index (χ4n) is 3.46. The number of nitrogens with two attached hydrogens (primary N) is 1. The van der Waals surface area contributed by atoms with Gasteiger partial charge in [0.1, 0.15) is 17.3 Å². The quantitative estimate of drug-likeness (QED) is 0.294. The molecule has 32 heavy (non-hydrogen) atoms. The molecule has 0 unspecified atom stereocenters. The molecule has 0 spiro atoms. The van der Waals surface area contributed by atoms with Gasteiger partial charge in [0.05, 0.1) is 0 Å². The van der Waals surface area contributed by atoms with E-state index in [0.717, 1.165) is 4.90 Å². The molecule has 2 heterocycles. The van der Waals surface area contributed by atoms with Crippen LogP contribution in [0.4, 0.5) is 10.2 Å². The van der Waals surface area contributed by atoms with Gasteiger partial charge in [-0.05, 0) is 54.9 Å². The molecule has 0 fully saturated rings. The summed E-state index contributed by atoms with van der Waals surface area (Å²) in [5.74, 6) is -2.84. The summed E-state index contributed by atoms with van der Waals surface area (Å²) in [7, 11) is 3.00. The number of nitrogens with zero attached hydrogens (tertiary/aromatic N) is 4. The number of aromatic nitrogens is 2. The SMILES string of the molecule is CN=Cc1c(-c2cc(C)c(CN(C)C(O)(O)c3ncccc3C=O)c(F)c2)ccnc1N. The maximum absolute atomic E-state index is 15.2. The highest BCUT2D eigenvalue weighted by atomic mass is 19.1. The smallest absolute Gasteiger partial charge is 0.271 e. The van der Waals surface area contributed by atoms with E-state index in [1.165, 1.54) is 37.6 Å². The van der Waals surface area contributed by atoms with Crippen LogP contribution in [0.15, 0.2) is 47.7 Å². The molecule has 0 aliphatic rings. The highest BCUT2D eigenvalue weighted by Crippen LogP contribution is 2.31. The van der Waals surface area contributed by atoms with E-state index < -0.39 is 11.7 Å². The summed E-state index contributed by atoms with van der Waals surface area (Å²) in [4.78, 5) is 24.3. The molecule has 0 bridgehead atoms. The molecule has 8 nitrogen and oxygen atoms in total. The molecule has 9 heteroatoms. The third-order valence-electron chi connectivity index (χ3n) is 5.22. The molecule has 4 N–H and O–H groups in total. The van der Waals surface area contributed by atoms with Crippen molar-refractivity contribution in [3.05, 3.63) is 76.5 Å². The van der Waals surface area contributed by atoms with Gasteiger partial charge < -0.3 is 15.9 Å². The van der Waals surface area contributed by atoms with E-state index >= 15 is 4.39 Å². The number of benzene rings is 1. The van der Waals surface area contributed by atoms with E-state index in [2.05, 4.69) is 15.0 Å². The fourth-order valence-corrected chi connectivity index (χ4v) is 3.46. The lowest BCUT2D eigenvalue weighted by atomic mass is 9.96. The maximum Gasteiger partial charge on any atom is 0.271 e. The van der Waals surface area contributed by atoms with Crippen molar-refractivity contribution in [2.24, 2.45) is 4.99 Å². The number of nitrogen functional groups attached to an aromatic ring is 1. The predicted molar refractivity (Wildman–Crippen MR) is 120 cm³/mol. The van der Waals surface area contributed by atoms with Crippen molar-refractivity contribution in [2.45, 2.75) is 19.4 Å². The van der Waals surface area contributed by atoms with E-state index in [-0.39, 0.29) is 29.2 Å². The highest BCUT2D eigenvalue weighted by Gasteiger charge is 2.36. The Hall–Kier alpha value is -3.53. The number of aliphatic hydroxyl groups is 2. The molecular formula is C23H24FN5O3. The molecule has 3 rings (SSSR count). The van der Waals surface area contributed by atoms with Crippen LogP contribution < -0.4 is 5.73 Å². The first-order valence-corrected chi connectivity index (χ1v) is 9.73. The summed E-state index contributed by atoms with van der Waals surface area (Å²) in [6.07, 6.45) is 4.93. The average molecular weight is 437 g/mol. The number of carbonyl (C=O) groups is 1. The maximum atomic E-state index is 15.2. The Kier molecular flexibility index (Phi) is 6.73. The Morgan fingerprint density at radius 3 is 2.66 bits per heavy atom. The lowest BCUT2D eigenvalue weighted by Crippen LogP contribution is -2.44. The molecule has 166 valence electrons. The van der Waals surface area contributed by atoms with Crippen LogP contribution in [-0.2, 0) is 12.5 Å². The molecule has 0 aliphatic carbocycles. The number of hydrogen-bond acceptors (Lipinski definition) is 8. The van der Waals surface area contributed by atoms with Crippen molar-refractivity contribution in [3.8, 4) is 11.1 Å². The fraction of sp³-hybridized carbons (Fsp3) is 0.217. The van der Waals surface area contributed by atoms with E-state index in [1.807, 2.05) is 0 Å². The van der Waals surface area contributed by atoms with Gasteiger partial charge in [0.25, 0.3) is 5.91 Å². The molecule has 1 aromatic carbocycles. The molecule has 3 aromatic rings. The third kappa shape index (κ3) is 4.40.